The largest absolute Gasteiger partial charge is 0.376 e. The number of pyridine rings is 1. The van der Waals surface area contributed by atoms with Crippen molar-refractivity contribution in [2.45, 2.75) is 26.6 Å². The summed E-state index contributed by atoms with van der Waals surface area (Å²) >= 11 is 0. The SMILES string of the molecule is CC(C)OCCOCc1cccnc1C#N. The van der Waals surface area contributed by atoms with Crippen LogP contribution in [0.3, 0.4) is 0 Å². The second-order valence-corrected chi connectivity index (χ2v) is 3.60. The molecule has 16 heavy (non-hydrogen) atoms. The van der Waals surface area contributed by atoms with Crippen molar-refractivity contribution in [1.82, 2.24) is 4.98 Å². The van der Waals surface area contributed by atoms with Crippen LogP contribution in [0.4, 0.5) is 0 Å². The summed E-state index contributed by atoms with van der Waals surface area (Å²) in [6.07, 6.45) is 1.82. The molecule has 0 radical (unpaired) electrons. The number of nitrogens with zero attached hydrogens (tertiary/aromatic N) is 2. The Morgan fingerprint density at radius 1 is 1.44 bits per heavy atom. The van der Waals surface area contributed by atoms with Gasteiger partial charge < -0.3 is 9.47 Å². The molecule has 86 valence electrons. The highest BCUT2D eigenvalue weighted by atomic mass is 16.5. The van der Waals surface area contributed by atoms with Crippen molar-refractivity contribution in [3.8, 4) is 6.07 Å². The van der Waals surface area contributed by atoms with Gasteiger partial charge in [0.15, 0.2) is 0 Å². The summed E-state index contributed by atoms with van der Waals surface area (Å²) in [5.41, 5.74) is 1.24. The third-order valence-electron chi connectivity index (χ3n) is 1.93. The smallest absolute Gasteiger partial charge is 0.145 e. The van der Waals surface area contributed by atoms with Crippen LogP contribution in [0.25, 0.3) is 0 Å². The van der Waals surface area contributed by atoms with Crippen LogP contribution in [-0.2, 0) is 16.1 Å². The Bertz CT molecular complexity index is 358. The van der Waals surface area contributed by atoms with E-state index in [-0.39, 0.29) is 6.10 Å². The standard InChI is InChI=1S/C12H16N2O2/c1-10(2)16-7-6-15-9-11-4-3-5-14-12(11)8-13/h3-5,10H,6-7,9H2,1-2H3. The molecule has 4 heteroatoms. The zero-order valence-corrected chi connectivity index (χ0v) is 9.64. The summed E-state index contributed by atoms with van der Waals surface area (Å²) in [5, 5.41) is 8.80. The number of hydrogen-bond donors (Lipinski definition) is 0. The normalized spacial score (nSPS) is 10.4. The van der Waals surface area contributed by atoms with E-state index in [1.165, 1.54) is 0 Å². The molecule has 0 fully saturated rings. The molecule has 0 spiro atoms. The Kier molecular flexibility index (Phi) is 5.48. The minimum Gasteiger partial charge on any atom is -0.376 e. The topological polar surface area (TPSA) is 55.1 Å². The predicted molar refractivity (Wildman–Crippen MR) is 59.7 cm³/mol. The highest BCUT2D eigenvalue weighted by Gasteiger charge is 2.01. The molecule has 1 aromatic rings. The van der Waals surface area contributed by atoms with Gasteiger partial charge in [-0.2, -0.15) is 5.26 Å². The van der Waals surface area contributed by atoms with Gasteiger partial charge in [-0.3, -0.25) is 0 Å². The molecule has 0 aromatic carbocycles. The average molecular weight is 220 g/mol. The van der Waals surface area contributed by atoms with E-state index in [0.717, 1.165) is 5.56 Å². The van der Waals surface area contributed by atoms with E-state index >= 15 is 0 Å². The monoisotopic (exact) mass is 220 g/mol. The lowest BCUT2D eigenvalue weighted by molar-refractivity contribution is 0.0142. The maximum absolute atomic E-state index is 8.80. The fourth-order valence-electron chi connectivity index (χ4n) is 1.18. The minimum atomic E-state index is 0.219. The second kappa shape index (κ2) is 6.94. The third kappa shape index (κ3) is 4.39. The summed E-state index contributed by atoms with van der Waals surface area (Å²) in [5.74, 6) is 0. The Hall–Kier alpha value is -1.44. The van der Waals surface area contributed by atoms with Gasteiger partial charge in [-0.15, -0.1) is 0 Å². The first-order valence-corrected chi connectivity index (χ1v) is 5.27. The van der Waals surface area contributed by atoms with Crippen molar-refractivity contribution >= 4 is 0 Å². The number of rotatable bonds is 6. The Morgan fingerprint density at radius 3 is 2.94 bits per heavy atom. The molecular formula is C12H16N2O2. The molecule has 1 rings (SSSR count). The van der Waals surface area contributed by atoms with Crippen LogP contribution in [0.2, 0.25) is 0 Å². The third-order valence-corrected chi connectivity index (χ3v) is 1.93. The first-order chi connectivity index (χ1) is 7.74. The molecule has 1 aromatic heterocycles. The van der Waals surface area contributed by atoms with E-state index in [1.807, 2.05) is 26.0 Å². The summed E-state index contributed by atoms with van der Waals surface area (Å²) < 4.78 is 10.7. The molecule has 0 aliphatic carbocycles. The van der Waals surface area contributed by atoms with Gasteiger partial charge in [0.05, 0.1) is 25.9 Å². The van der Waals surface area contributed by atoms with E-state index in [4.69, 9.17) is 14.7 Å². The quantitative estimate of drug-likeness (QED) is 0.687. The van der Waals surface area contributed by atoms with E-state index in [2.05, 4.69) is 4.98 Å². The number of ether oxygens (including phenoxy) is 2. The molecule has 0 amide bonds. The molecule has 0 aliphatic heterocycles. The van der Waals surface area contributed by atoms with Crippen LogP contribution in [0.15, 0.2) is 18.3 Å². The average Bonchev–Trinajstić information content (AvgIpc) is 2.29. The molecule has 0 unspecified atom stereocenters. The first-order valence-electron chi connectivity index (χ1n) is 5.27. The van der Waals surface area contributed by atoms with Gasteiger partial charge in [0.2, 0.25) is 0 Å². The van der Waals surface area contributed by atoms with Crippen LogP contribution in [0.1, 0.15) is 25.1 Å². The maximum atomic E-state index is 8.80. The minimum absolute atomic E-state index is 0.219. The molecule has 0 bridgehead atoms. The highest BCUT2D eigenvalue weighted by Crippen LogP contribution is 2.05. The lowest BCUT2D eigenvalue weighted by Crippen LogP contribution is -2.09. The first kappa shape index (κ1) is 12.6. The second-order valence-electron chi connectivity index (χ2n) is 3.60. The molecule has 0 N–H and O–H groups in total. The van der Waals surface area contributed by atoms with Crippen LogP contribution in [0.5, 0.6) is 0 Å². The molecule has 1 heterocycles. The zero-order valence-electron chi connectivity index (χ0n) is 9.64. The van der Waals surface area contributed by atoms with Gasteiger partial charge in [0.1, 0.15) is 11.8 Å². The lowest BCUT2D eigenvalue weighted by atomic mass is 10.2. The van der Waals surface area contributed by atoms with Gasteiger partial charge in [-0.25, -0.2) is 4.98 Å². The highest BCUT2D eigenvalue weighted by molar-refractivity contribution is 5.29. The number of nitriles is 1. The van der Waals surface area contributed by atoms with Crippen molar-refractivity contribution in [3.05, 3.63) is 29.6 Å². The van der Waals surface area contributed by atoms with Crippen LogP contribution in [-0.4, -0.2) is 24.3 Å². The molecule has 0 saturated carbocycles. The summed E-state index contributed by atoms with van der Waals surface area (Å²) in [6.45, 7) is 5.46. The van der Waals surface area contributed by atoms with E-state index in [0.29, 0.717) is 25.5 Å². The van der Waals surface area contributed by atoms with Crippen molar-refractivity contribution in [3.63, 3.8) is 0 Å². The lowest BCUT2D eigenvalue weighted by Gasteiger charge is -2.08. The summed E-state index contributed by atoms with van der Waals surface area (Å²) in [4.78, 5) is 3.95. The molecule has 4 nitrogen and oxygen atoms in total. The van der Waals surface area contributed by atoms with Gasteiger partial charge in [0.25, 0.3) is 0 Å². The van der Waals surface area contributed by atoms with E-state index < -0.39 is 0 Å². The van der Waals surface area contributed by atoms with Crippen molar-refractivity contribution < 1.29 is 9.47 Å². The van der Waals surface area contributed by atoms with E-state index in [9.17, 15) is 0 Å². The fourth-order valence-corrected chi connectivity index (χ4v) is 1.18. The molecule has 0 atom stereocenters. The Balaban J connectivity index is 2.30. The molecular weight excluding hydrogens is 204 g/mol. The van der Waals surface area contributed by atoms with Crippen molar-refractivity contribution in [1.29, 1.82) is 5.26 Å². The zero-order chi connectivity index (χ0) is 11.8. The summed E-state index contributed by atoms with van der Waals surface area (Å²) in [6, 6.07) is 5.67. The number of hydrogen-bond acceptors (Lipinski definition) is 4. The maximum Gasteiger partial charge on any atom is 0.145 e. The van der Waals surface area contributed by atoms with Gasteiger partial charge >= 0.3 is 0 Å². The molecule has 0 saturated heterocycles. The van der Waals surface area contributed by atoms with Gasteiger partial charge in [-0.05, 0) is 19.9 Å². The fraction of sp³-hybridized carbons (Fsp3) is 0.500. The van der Waals surface area contributed by atoms with Crippen molar-refractivity contribution in [2.24, 2.45) is 0 Å². The predicted octanol–water partition coefficient (Wildman–Crippen LogP) is 1.89. The van der Waals surface area contributed by atoms with E-state index in [1.54, 1.807) is 12.3 Å². The van der Waals surface area contributed by atoms with Gasteiger partial charge in [-0.1, -0.05) is 6.07 Å². The van der Waals surface area contributed by atoms with Crippen LogP contribution < -0.4 is 0 Å². The molecule has 0 aliphatic rings. The Labute approximate surface area is 95.8 Å². The van der Waals surface area contributed by atoms with Crippen LogP contribution in [0, 0.1) is 11.3 Å². The number of aromatic nitrogens is 1. The summed E-state index contributed by atoms with van der Waals surface area (Å²) in [7, 11) is 0. The van der Waals surface area contributed by atoms with Gasteiger partial charge in [0, 0.05) is 11.8 Å². The Morgan fingerprint density at radius 2 is 2.25 bits per heavy atom. The van der Waals surface area contributed by atoms with Crippen LogP contribution >= 0.6 is 0 Å². The van der Waals surface area contributed by atoms with Crippen molar-refractivity contribution in [2.75, 3.05) is 13.2 Å².